The summed E-state index contributed by atoms with van der Waals surface area (Å²) in [6, 6.07) is 14.3. The molecule has 20 heavy (non-hydrogen) atoms. The highest BCUT2D eigenvalue weighted by Crippen LogP contribution is 2.19. The van der Waals surface area contributed by atoms with Crippen LogP contribution in [-0.2, 0) is 0 Å². The number of methoxy groups -OCH3 is 1. The molecule has 5 heteroatoms. The van der Waals surface area contributed by atoms with Crippen molar-refractivity contribution in [2.75, 3.05) is 7.11 Å². The zero-order chi connectivity index (χ0) is 13.9. The van der Waals surface area contributed by atoms with Crippen molar-refractivity contribution in [3.63, 3.8) is 0 Å². The van der Waals surface area contributed by atoms with Crippen LogP contribution in [0.25, 0.3) is 23.1 Å². The number of hydrogen-bond acceptors (Lipinski definition) is 3. The largest absolute Gasteiger partial charge is 0.497 e. The van der Waals surface area contributed by atoms with Crippen LogP contribution in [0.2, 0.25) is 0 Å². The lowest BCUT2D eigenvalue weighted by Crippen LogP contribution is -1.94. The number of ether oxygens (including phenoxy) is 1. The molecule has 0 unspecified atom stereocenters. The maximum atomic E-state index is 14.3. The molecule has 0 aliphatic rings. The van der Waals surface area contributed by atoms with Crippen molar-refractivity contribution >= 4 is 23.1 Å². The Labute approximate surface area is 115 Å². The molecule has 0 bridgehead atoms. The van der Waals surface area contributed by atoms with Crippen molar-refractivity contribution in [2.45, 2.75) is 0 Å². The number of rotatable bonds is 3. The summed E-state index contributed by atoms with van der Waals surface area (Å²) >= 11 is 0. The van der Waals surface area contributed by atoms with E-state index in [1.807, 2.05) is 12.1 Å². The fourth-order valence-electron chi connectivity index (χ4n) is 1.93. The number of hydrogen-bond donors (Lipinski definition) is 0. The average molecular weight is 269 g/mol. The van der Waals surface area contributed by atoms with E-state index in [1.54, 1.807) is 43.5 Å². The fourth-order valence-corrected chi connectivity index (χ4v) is 1.93. The minimum Gasteiger partial charge on any atom is -0.497 e. The molecule has 0 saturated heterocycles. The Balaban J connectivity index is 1.98. The van der Waals surface area contributed by atoms with Crippen LogP contribution < -0.4 is 4.74 Å². The van der Waals surface area contributed by atoms with Gasteiger partial charge in [-0.15, -0.1) is 5.10 Å². The number of para-hydroxylation sites is 1. The van der Waals surface area contributed by atoms with E-state index >= 15 is 0 Å². The van der Waals surface area contributed by atoms with Gasteiger partial charge in [-0.2, -0.15) is 9.07 Å². The topological polar surface area (TPSA) is 39.9 Å². The number of nitrogens with zero attached hydrogens (tertiary/aromatic N) is 3. The molecule has 0 radical (unpaired) electrons. The van der Waals surface area contributed by atoms with Crippen molar-refractivity contribution in [3.8, 4) is 5.75 Å². The number of halogens is 1. The van der Waals surface area contributed by atoms with Gasteiger partial charge in [-0.3, -0.25) is 0 Å². The first kappa shape index (κ1) is 12.3. The monoisotopic (exact) mass is 269 g/mol. The molecule has 2 aromatic carbocycles. The van der Waals surface area contributed by atoms with Crippen molar-refractivity contribution in [1.82, 2.24) is 15.0 Å². The molecule has 0 saturated carbocycles. The van der Waals surface area contributed by atoms with Crippen LogP contribution in [0.15, 0.2) is 48.5 Å². The summed E-state index contributed by atoms with van der Waals surface area (Å²) in [5.41, 5.74) is 2.02. The van der Waals surface area contributed by atoms with Gasteiger partial charge < -0.3 is 4.74 Å². The van der Waals surface area contributed by atoms with Gasteiger partial charge in [0.25, 0.3) is 0 Å². The molecule has 0 aliphatic carbocycles. The predicted molar refractivity (Wildman–Crippen MR) is 75.8 cm³/mol. The second kappa shape index (κ2) is 5.13. The summed E-state index contributed by atoms with van der Waals surface area (Å²) in [5.74, 6) is 0.248. The van der Waals surface area contributed by atoms with E-state index in [-0.39, 0.29) is 0 Å². The molecule has 0 spiro atoms. The van der Waals surface area contributed by atoms with E-state index < -0.39 is 5.95 Å². The SMILES string of the molecule is COc1ccc(/C=C(/F)n2nnc3ccccc32)cc1. The van der Waals surface area contributed by atoms with Gasteiger partial charge in [0.2, 0.25) is 5.95 Å². The third kappa shape index (κ3) is 2.25. The quantitative estimate of drug-likeness (QED) is 0.732. The third-order valence-corrected chi connectivity index (χ3v) is 2.96. The summed E-state index contributed by atoms with van der Waals surface area (Å²) in [5, 5.41) is 7.74. The van der Waals surface area contributed by atoms with Gasteiger partial charge in [0, 0.05) is 6.08 Å². The van der Waals surface area contributed by atoms with Crippen molar-refractivity contribution in [1.29, 1.82) is 0 Å². The summed E-state index contributed by atoms with van der Waals surface area (Å²) in [7, 11) is 1.59. The number of fused-ring (bicyclic) bond motifs is 1. The highest BCUT2D eigenvalue weighted by molar-refractivity contribution is 5.79. The predicted octanol–water partition coefficient (Wildman–Crippen LogP) is 3.37. The normalized spacial score (nSPS) is 11.8. The molecule has 100 valence electrons. The lowest BCUT2D eigenvalue weighted by Gasteiger charge is -2.01. The van der Waals surface area contributed by atoms with Crippen LogP contribution in [0.1, 0.15) is 5.56 Å². The molecule has 0 amide bonds. The molecule has 0 fully saturated rings. The van der Waals surface area contributed by atoms with Gasteiger partial charge in [-0.1, -0.05) is 29.5 Å². The molecule has 3 rings (SSSR count). The number of benzene rings is 2. The molecule has 1 aromatic heterocycles. The maximum Gasteiger partial charge on any atom is 0.216 e. The first-order valence-corrected chi connectivity index (χ1v) is 6.10. The van der Waals surface area contributed by atoms with Crippen LogP contribution in [-0.4, -0.2) is 22.1 Å². The smallest absolute Gasteiger partial charge is 0.216 e. The van der Waals surface area contributed by atoms with Gasteiger partial charge in [-0.05, 0) is 29.8 Å². The van der Waals surface area contributed by atoms with Crippen LogP contribution >= 0.6 is 0 Å². The second-order valence-corrected chi connectivity index (χ2v) is 4.23. The molecule has 4 nitrogen and oxygen atoms in total. The Bertz CT molecular complexity index is 762. The van der Waals surface area contributed by atoms with Crippen LogP contribution in [0.4, 0.5) is 4.39 Å². The summed E-state index contributed by atoms with van der Waals surface area (Å²) in [6.07, 6.45) is 1.40. The fraction of sp³-hybridized carbons (Fsp3) is 0.0667. The first-order valence-electron chi connectivity index (χ1n) is 6.10. The highest BCUT2D eigenvalue weighted by atomic mass is 19.1. The van der Waals surface area contributed by atoms with E-state index in [4.69, 9.17) is 4.74 Å². The Morgan fingerprint density at radius 3 is 2.65 bits per heavy atom. The summed E-state index contributed by atoms with van der Waals surface area (Å²) in [6.45, 7) is 0. The van der Waals surface area contributed by atoms with E-state index in [2.05, 4.69) is 10.3 Å². The molecular weight excluding hydrogens is 257 g/mol. The Kier molecular flexibility index (Phi) is 3.16. The zero-order valence-corrected chi connectivity index (χ0v) is 10.8. The van der Waals surface area contributed by atoms with E-state index in [9.17, 15) is 4.39 Å². The Hall–Kier alpha value is -2.69. The highest BCUT2D eigenvalue weighted by Gasteiger charge is 2.07. The van der Waals surface area contributed by atoms with E-state index in [0.29, 0.717) is 11.0 Å². The molecule has 1 heterocycles. The van der Waals surface area contributed by atoms with Crippen molar-refractivity contribution in [3.05, 3.63) is 54.1 Å². The lowest BCUT2D eigenvalue weighted by molar-refractivity contribution is 0.415. The minimum absolute atomic E-state index is 0.483. The summed E-state index contributed by atoms with van der Waals surface area (Å²) < 4.78 is 20.5. The van der Waals surface area contributed by atoms with Gasteiger partial charge in [0.15, 0.2) is 0 Å². The van der Waals surface area contributed by atoms with E-state index in [0.717, 1.165) is 11.3 Å². The van der Waals surface area contributed by atoms with Crippen molar-refractivity contribution in [2.24, 2.45) is 0 Å². The standard InChI is InChI=1S/C15H12FN3O/c1-20-12-8-6-11(7-9-12)10-15(16)19-14-5-3-2-4-13(14)17-18-19/h2-10H,1H3/b15-10-. The molecule has 3 aromatic rings. The average Bonchev–Trinajstić information content (AvgIpc) is 2.92. The third-order valence-electron chi connectivity index (χ3n) is 2.96. The van der Waals surface area contributed by atoms with Crippen molar-refractivity contribution < 1.29 is 9.13 Å². The van der Waals surface area contributed by atoms with Crippen LogP contribution in [0.5, 0.6) is 5.75 Å². The molecule has 0 atom stereocenters. The number of aromatic nitrogens is 3. The molecule has 0 aliphatic heterocycles. The second-order valence-electron chi connectivity index (χ2n) is 4.23. The first-order chi connectivity index (χ1) is 9.78. The van der Waals surface area contributed by atoms with Gasteiger partial charge in [0.05, 0.1) is 12.6 Å². The summed E-state index contributed by atoms with van der Waals surface area (Å²) in [4.78, 5) is 0. The molecule has 0 N–H and O–H groups in total. The zero-order valence-electron chi connectivity index (χ0n) is 10.8. The van der Waals surface area contributed by atoms with Gasteiger partial charge in [-0.25, -0.2) is 0 Å². The van der Waals surface area contributed by atoms with Crippen LogP contribution in [0, 0.1) is 0 Å². The Morgan fingerprint density at radius 1 is 1.15 bits per heavy atom. The lowest BCUT2D eigenvalue weighted by atomic mass is 10.2. The van der Waals surface area contributed by atoms with Gasteiger partial charge >= 0.3 is 0 Å². The maximum absolute atomic E-state index is 14.3. The minimum atomic E-state index is -0.483. The van der Waals surface area contributed by atoms with E-state index in [1.165, 1.54) is 10.8 Å². The Morgan fingerprint density at radius 2 is 1.90 bits per heavy atom. The van der Waals surface area contributed by atoms with Gasteiger partial charge in [0.1, 0.15) is 11.3 Å². The molecular formula is C15H12FN3O. The van der Waals surface area contributed by atoms with Crippen LogP contribution in [0.3, 0.4) is 0 Å².